The minimum absolute atomic E-state index is 0.0589. The molecule has 2 aliphatic rings. The van der Waals surface area contributed by atoms with Gasteiger partial charge in [0.1, 0.15) is 0 Å². The van der Waals surface area contributed by atoms with Gasteiger partial charge in [0, 0.05) is 54.8 Å². The number of nitrogens with zero attached hydrogens (tertiary/aromatic N) is 5. The van der Waals surface area contributed by atoms with Gasteiger partial charge in [-0.3, -0.25) is 19.1 Å². The maximum atomic E-state index is 13.3. The summed E-state index contributed by atoms with van der Waals surface area (Å²) < 4.78 is 1.62. The Hall–Kier alpha value is -4.01. The number of carbonyl (C=O) groups is 2. The summed E-state index contributed by atoms with van der Waals surface area (Å²) in [6.45, 7) is 1.28. The largest absolute Gasteiger partial charge is 0.465 e. The first-order chi connectivity index (χ1) is 16.5. The third kappa shape index (κ3) is 3.93. The zero-order chi connectivity index (χ0) is 23.7. The summed E-state index contributed by atoms with van der Waals surface area (Å²) in [5, 5.41) is 9.44. The maximum Gasteiger partial charge on any atom is 0.407 e. The van der Waals surface area contributed by atoms with E-state index in [9.17, 15) is 19.5 Å². The third-order valence-corrected chi connectivity index (χ3v) is 6.94. The number of likely N-dealkylation sites (tertiary alicyclic amines) is 1. The quantitative estimate of drug-likeness (QED) is 0.598. The molecule has 0 unspecified atom stereocenters. The monoisotopic (exact) mass is 459 g/mol. The van der Waals surface area contributed by atoms with Gasteiger partial charge in [0.2, 0.25) is 5.95 Å². The number of pyridine rings is 1. The average Bonchev–Trinajstić information content (AvgIpc) is 2.87. The number of Topliss-reactive ketones (excluding diaryl/α,β-unsaturated/α-hetero) is 1. The third-order valence-electron chi connectivity index (χ3n) is 6.94. The molecule has 174 valence electrons. The molecule has 2 aromatic heterocycles. The second kappa shape index (κ2) is 8.74. The molecule has 9 nitrogen and oxygen atoms in total. The Bertz CT molecular complexity index is 1270. The van der Waals surface area contributed by atoms with Crippen molar-refractivity contribution in [2.45, 2.75) is 31.3 Å². The number of carboxylic acid groups (broad SMARTS) is 1. The fourth-order valence-corrected chi connectivity index (χ4v) is 4.98. The topological polar surface area (TPSA) is 109 Å². The number of carbonyl (C=O) groups excluding carboxylic acids is 1. The number of rotatable bonds is 4. The van der Waals surface area contributed by atoms with Gasteiger partial charge < -0.3 is 14.9 Å². The van der Waals surface area contributed by atoms with Crippen LogP contribution in [0.5, 0.6) is 0 Å². The number of piperidine rings is 1. The molecule has 1 aromatic carbocycles. The molecule has 0 radical (unpaired) electrons. The highest BCUT2D eigenvalue weighted by Gasteiger charge is 2.45. The normalized spacial score (nSPS) is 16.8. The summed E-state index contributed by atoms with van der Waals surface area (Å²) in [6.07, 6.45) is 4.13. The van der Waals surface area contributed by atoms with Gasteiger partial charge in [-0.2, -0.15) is 0 Å². The van der Waals surface area contributed by atoms with Gasteiger partial charge in [-0.25, -0.2) is 9.78 Å². The van der Waals surface area contributed by atoms with Crippen molar-refractivity contribution in [2.24, 2.45) is 0 Å². The first-order valence-electron chi connectivity index (χ1n) is 11.3. The summed E-state index contributed by atoms with van der Waals surface area (Å²) in [4.78, 5) is 50.1. The number of benzene rings is 1. The lowest BCUT2D eigenvalue weighted by Gasteiger charge is -2.51. The molecule has 4 heterocycles. The molecular weight excluding hydrogens is 434 g/mol. The highest BCUT2D eigenvalue weighted by molar-refractivity contribution is 5.99. The summed E-state index contributed by atoms with van der Waals surface area (Å²) in [6, 6.07) is 14.2. The predicted octanol–water partition coefficient (Wildman–Crippen LogP) is 2.91. The molecule has 2 aliphatic heterocycles. The van der Waals surface area contributed by atoms with E-state index < -0.39 is 11.6 Å². The lowest BCUT2D eigenvalue weighted by molar-refractivity contribution is 0.0928. The van der Waals surface area contributed by atoms with Crippen LogP contribution in [0.2, 0.25) is 0 Å². The Morgan fingerprint density at radius 1 is 0.971 bits per heavy atom. The SMILES string of the molecule is O=C(CN1c2nc(-c3ccncc3)cc(=O)n2CCC12CCN(C(=O)O)CC2)c1ccccc1. The highest BCUT2D eigenvalue weighted by atomic mass is 16.4. The van der Waals surface area contributed by atoms with Crippen LogP contribution in [-0.4, -0.2) is 61.6 Å². The van der Waals surface area contributed by atoms with Crippen LogP contribution >= 0.6 is 0 Å². The molecule has 3 aromatic rings. The van der Waals surface area contributed by atoms with E-state index in [0.29, 0.717) is 56.1 Å². The van der Waals surface area contributed by atoms with Crippen LogP contribution in [0, 0.1) is 0 Å². The summed E-state index contributed by atoms with van der Waals surface area (Å²) in [7, 11) is 0. The van der Waals surface area contributed by atoms with Gasteiger partial charge in [0.15, 0.2) is 5.78 Å². The van der Waals surface area contributed by atoms with E-state index >= 15 is 0 Å². The Balaban J connectivity index is 1.58. The van der Waals surface area contributed by atoms with E-state index in [1.165, 1.54) is 11.0 Å². The van der Waals surface area contributed by atoms with E-state index in [1.54, 1.807) is 41.2 Å². The number of fused-ring (bicyclic) bond motifs is 1. The number of aromatic nitrogens is 3. The zero-order valence-electron chi connectivity index (χ0n) is 18.6. The van der Waals surface area contributed by atoms with Gasteiger partial charge in [-0.05, 0) is 31.4 Å². The van der Waals surface area contributed by atoms with Crippen molar-refractivity contribution in [1.82, 2.24) is 19.4 Å². The second-order valence-corrected chi connectivity index (χ2v) is 8.79. The van der Waals surface area contributed by atoms with Crippen molar-refractivity contribution in [1.29, 1.82) is 0 Å². The summed E-state index contributed by atoms with van der Waals surface area (Å²) in [5.74, 6) is 0.385. The minimum Gasteiger partial charge on any atom is -0.465 e. The fraction of sp³-hybridized carbons (Fsp3) is 0.320. The number of hydrogen-bond acceptors (Lipinski definition) is 6. The van der Waals surface area contributed by atoms with E-state index in [2.05, 4.69) is 4.98 Å². The zero-order valence-corrected chi connectivity index (χ0v) is 18.6. The molecule has 1 spiro atoms. The smallest absolute Gasteiger partial charge is 0.407 e. The van der Waals surface area contributed by atoms with E-state index in [1.807, 2.05) is 23.1 Å². The lowest BCUT2D eigenvalue weighted by Crippen LogP contribution is -2.61. The molecule has 34 heavy (non-hydrogen) atoms. The van der Waals surface area contributed by atoms with Crippen molar-refractivity contribution in [2.75, 3.05) is 24.5 Å². The molecule has 0 bridgehead atoms. The fourth-order valence-electron chi connectivity index (χ4n) is 4.98. The Labute approximate surface area is 196 Å². The van der Waals surface area contributed by atoms with Crippen LogP contribution in [0.15, 0.2) is 65.7 Å². The average molecular weight is 460 g/mol. The Morgan fingerprint density at radius 2 is 1.65 bits per heavy atom. The summed E-state index contributed by atoms with van der Waals surface area (Å²) >= 11 is 0. The molecule has 5 rings (SSSR count). The van der Waals surface area contributed by atoms with Crippen LogP contribution in [0.1, 0.15) is 29.6 Å². The van der Waals surface area contributed by atoms with Gasteiger partial charge in [0.25, 0.3) is 5.56 Å². The van der Waals surface area contributed by atoms with Crippen molar-refractivity contribution in [3.63, 3.8) is 0 Å². The van der Waals surface area contributed by atoms with Crippen molar-refractivity contribution >= 4 is 17.8 Å². The van der Waals surface area contributed by atoms with Crippen LogP contribution in [0.3, 0.4) is 0 Å². The molecule has 0 atom stereocenters. The number of anilines is 1. The summed E-state index contributed by atoms with van der Waals surface area (Å²) in [5.41, 5.74) is 1.25. The number of amides is 1. The van der Waals surface area contributed by atoms with E-state index in [-0.39, 0.29) is 17.9 Å². The van der Waals surface area contributed by atoms with Gasteiger partial charge in [-0.1, -0.05) is 30.3 Å². The standard InChI is InChI=1S/C25H25N5O4/c31-21(19-4-2-1-3-5-19)17-30-23-27-20(18-6-11-26-12-7-18)16-22(32)29(23)15-10-25(30)8-13-28(14-9-25)24(33)34/h1-7,11-12,16H,8-10,13-15,17H2,(H,33,34). The van der Waals surface area contributed by atoms with Crippen LogP contribution < -0.4 is 10.5 Å². The highest BCUT2D eigenvalue weighted by Crippen LogP contribution is 2.39. The van der Waals surface area contributed by atoms with Crippen molar-refractivity contribution < 1.29 is 14.7 Å². The first-order valence-corrected chi connectivity index (χ1v) is 11.3. The first kappa shape index (κ1) is 21.8. The molecule has 1 N–H and O–H groups in total. The molecule has 0 saturated carbocycles. The van der Waals surface area contributed by atoms with Crippen molar-refractivity contribution in [3.05, 3.63) is 76.8 Å². The van der Waals surface area contributed by atoms with E-state index in [0.717, 1.165) is 5.56 Å². The van der Waals surface area contributed by atoms with Gasteiger partial charge in [0.05, 0.1) is 12.2 Å². The molecule has 9 heteroatoms. The Kier molecular flexibility index (Phi) is 5.61. The van der Waals surface area contributed by atoms with Crippen LogP contribution in [-0.2, 0) is 6.54 Å². The molecule has 1 amide bonds. The lowest BCUT2D eigenvalue weighted by atomic mass is 9.81. The van der Waals surface area contributed by atoms with E-state index in [4.69, 9.17) is 4.98 Å². The van der Waals surface area contributed by atoms with Gasteiger partial charge in [-0.15, -0.1) is 0 Å². The molecular formula is C25H25N5O4. The number of ketones is 1. The molecule has 0 aliphatic carbocycles. The molecule has 1 saturated heterocycles. The van der Waals surface area contributed by atoms with Crippen molar-refractivity contribution in [3.8, 4) is 11.3 Å². The second-order valence-electron chi connectivity index (χ2n) is 8.79. The predicted molar refractivity (Wildman–Crippen MR) is 126 cm³/mol. The minimum atomic E-state index is -0.938. The van der Waals surface area contributed by atoms with Crippen LogP contribution in [0.4, 0.5) is 10.7 Å². The van der Waals surface area contributed by atoms with Crippen LogP contribution in [0.25, 0.3) is 11.3 Å². The maximum absolute atomic E-state index is 13.3. The Morgan fingerprint density at radius 3 is 2.32 bits per heavy atom. The number of hydrogen-bond donors (Lipinski definition) is 1. The van der Waals surface area contributed by atoms with Gasteiger partial charge >= 0.3 is 6.09 Å². The molecule has 1 fully saturated rings.